The highest BCUT2D eigenvalue weighted by Crippen LogP contribution is 2.32. The van der Waals surface area contributed by atoms with Gasteiger partial charge in [-0.3, -0.25) is 9.59 Å². The van der Waals surface area contributed by atoms with Gasteiger partial charge in [0.1, 0.15) is 0 Å². The molecule has 0 bridgehead atoms. The number of amides is 2. The molecule has 0 radical (unpaired) electrons. The van der Waals surface area contributed by atoms with Gasteiger partial charge >= 0.3 is 0 Å². The summed E-state index contributed by atoms with van der Waals surface area (Å²) in [6.45, 7) is 5.01. The largest absolute Gasteiger partial charge is 0.454 e. The number of nitrogens with one attached hydrogen (secondary N) is 1. The topological polar surface area (TPSA) is 71.1 Å². The molecule has 2 aliphatic heterocycles. The van der Waals surface area contributed by atoms with Gasteiger partial charge in [-0.2, -0.15) is 0 Å². The number of rotatable bonds is 4. The van der Waals surface area contributed by atoms with Crippen molar-refractivity contribution in [2.24, 2.45) is 5.92 Å². The van der Waals surface area contributed by atoms with Gasteiger partial charge in [0.05, 0.1) is 0 Å². The fourth-order valence-electron chi connectivity index (χ4n) is 3.05. The minimum Gasteiger partial charge on any atom is -0.454 e. The van der Waals surface area contributed by atoms with Crippen LogP contribution in [-0.2, 0) is 4.79 Å². The maximum atomic E-state index is 12.6. The average Bonchev–Trinajstić information content (AvgIpc) is 3.08. The molecule has 24 heavy (non-hydrogen) atoms. The van der Waals surface area contributed by atoms with Crippen molar-refractivity contribution in [3.63, 3.8) is 0 Å². The Bertz CT molecular complexity index is 626. The lowest BCUT2D eigenvalue weighted by Crippen LogP contribution is -2.52. The maximum absolute atomic E-state index is 12.6. The Kier molecular flexibility index (Phi) is 4.89. The van der Waals surface area contributed by atoms with Gasteiger partial charge in [0.2, 0.25) is 12.7 Å². The van der Waals surface area contributed by atoms with Gasteiger partial charge in [-0.1, -0.05) is 6.92 Å². The Balaban J connectivity index is 1.58. The summed E-state index contributed by atoms with van der Waals surface area (Å²) in [7, 11) is 1.84. The second kappa shape index (κ2) is 7.09. The van der Waals surface area contributed by atoms with Crippen LogP contribution in [0.25, 0.3) is 0 Å². The fourth-order valence-corrected chi connectivity index (χ4v) is 3.05. The van der Waals surface area contributed by atoms with E-state index >= 15 is 0 Å². The Hall–Kier alpha value is -2.28. The van der Waals surface area contributed by atoms with Crippen molar-refractivity contribution in [3.8, 4) is 11.5 Å². The third-order valence-corrected chi connectivity index (χ3v) is 4.43. The summed E-state index contributed by atoms with van der Waals surface area (Å²) in [6.07, 6.45) is 0. The van der Waals surface area contributed by atoms with Crippen LogP contribution in [0.5, 0.6) is 11.5 Å². The van der Waals surface area contributed by atoms with E-state index < -0.39 is 0 Å². The molecule has 1 aromatic carbocycles. The van der Waals surface area contributed by atoms with Crippen LogP contribution in [0.15, 0.2) is 18.2 Å². The molecule has 1 atom stereocenters. The lowest BCUT2D eigenvalue weighted by molar-refractivity contribution is -0.136. The molecule has 1 fully saturated rings. The predicted molar refractivity (Wildman–Crippen MR) is 88.1 cm³/mol. The molecule has 7 heteroatoms. The summed E-state index contributed by atoms with van der Waals surface area (Å²) in [5, 5.41) is 3.02. The molecule has 7 nitrogen and oxygen atoms in total. The molecule has 0 aromatic heterocycles. The van der Waals surface area contributed by atoms with Crippen LogP contribution < -0.4 is 14.8 Å². The first-order valence-electron chi connectivity index (χ1n) is 8.22. The number of carbonyl (C=O) groups excluding carboxylic acids is 2. The van der Waals surface area contributed by atoms with Crippen molar-refractivity contribution in [2.45, 2.75) is 6.92 Å². The molecule has 1 N–H and O–H groups in total. The lowest BCUT2D eigenvalue weighted by atomic mass is 10.1. The van der Waals surface area contributed by atoms with Crippen molar-refractivity contribution in [3.05, 3.63) is 23.8 Å². The molecule has 2 heterocycles. The van der Waals surface area contributed by atoms with Crippen LogP contribution in [0.2, 0.25) is 0 Å². The van der Waals surface area contributed by atoms with Crippen LogP contribution in [0.3, 0.4) is 0 Å². The third-order valence-electron chi connectivity index (χ3n) is 4.43. The quantitative estimate of drug-likeness (QED) is 0.872. The number of nitrogens with zero attached hydrogens (tertiary/aromatic N) is 2. The van der Waals surface area contributed by atoms with E-state index in [1.54, 1.807) is 23.1 Å². The summed E-state index contributed by atoms with van der Waals surface area (Å²) in [5.41, 5.74) is 0.586. The molecule has 0 aliphatic carbocycles. The summed E-state index contributed by atoms with van der Waals surface area (Å²) in [5.74, 6) is 1.32. The summed E-state index contributed by atoms with van der Waals surface area (Å²) >= 11 is 0. The maximum Gasteiger partial charge on any atom is 0.254 e. The highest BCUT2D eigenvalue weighted by Gasteiger charge is 2.27. The molecular weight excluding hydrogens is 310 g/mol. The van der Waals surface area contributed by atoms with E-state index in [1.165, 1.54) is 0 Å². The van der Waals surface area contributed by atoms with Crippen LogP contribution in [-0.4, -0.2) is 68.2 Å². The first-order chi connectivity index (χ1) is 11.6. The molecule has 1 unspecified atom stereocenters. The van der Waals surface area contributed by atoms with Gasteiger partial charge in [-0.05, 0) is 25.2 Å². The number of hydrogen-bond acceptors (Lipinski definition) is 5. The predicted octanol–water partition coefficient (Wildman–Crippen LogP) is 0.555. The molecule has 130 valence electrons. The van der Waals surface area contributed by atoms with Crippen molar-refractivity contribution in [2.75, 3.05) is 46.6 Å². The molecule has 1 saturated heterocycles. The average molecular weight is 333 g/mol. The standard InChI is InChI=1S/C17H23N3O4/c1-12(10-18-2)16(21)19-5-7-20(8-6-19)17(22)13-3-4-14-15(9-13)24-11-23-14/h3-4,9,12,18H,5-8,10-11H2,1-2H3. The molecule has 0 saturated carbocycles. The summed E-state index contributed by atoms with van der Waals surface area (Å²) < 4.78 is 10.6. The molecular formula is C17H23N3O4. The number of fused-ring (bicyclic) bond motifs is 1. The van der Waals surface area contributed by atoms with Crippen LogP contribution in [0.1, 0.15) is 17.3 Å². The van der Waals surface area contributed by atoms with Gasteiger partial charge < -0.3 is 24.6 Å². The zero-order valence-electron chi connectivity index (χ0n) is 14.1. The van der Waals surface area contributed by atoms with E-state index in [2.05, 4.69) is 5.32 Å². The van der Waals surface area contributed by atoms with Gasteiger partial charge in [-0.15, -0.1) is 0 Å². The van der Waals surface area contributed by atoms with E-state index in [4.69, 9.17) is 9.47 Å². The van der Waals surface area contributed by atoms with Gasteiger partial charge in [0.25, 0.3) is 5.91 Å². The van der Waals surface area contributed by atoms with E-state index in [9.17, 15) is 9.59 Å². The number of carbonyl (C=O) groups is 2. The van der Waals surface area contributed by atoms with E-state index in [0.717, 1.165) is 0 Å². The molecule has 1 aromatic rings. The molecule has 2 amide bonds. The Morgan fingerprint density at radius 2 is 1.79 bits per heavy atom. The highest BCUT2D eigenvalue weighted by molar-refractivity contribution is 5.95. The molecule has 0 spiro atoms. The summed E-state index contributed by atoms with van der Waals surface area (Å²) in [4.78, 5) is 28.6. The number of piperazine rings is 1. The number of ether oxygens (including phenoxy) is 2. The number of benzene rings is 1. The summed E-state index contributed by atoms with van der Waals surface area (Å²) in [6, 6.07) is 5.23. The zero-order valence-corrected chi connectivity index (χ0v) is 14.1. The van der Waals surface area contributed by atoms with Crippen molar-refractivity contribution in [1.29, 1.82) is 0 Å². The van der Waals surface area contributed by atoms with Gasteiger partial charge in [-0.25, -0.2) is 0 Å². The first kappa shape index (κ1) is 16.6. The van der Waals surface area contributed by atoms with Gasteiger partial charge in [0, 0.05) is 44.2 Å². The zero-order chi connectivity index (χ0) is 17.1. The van der Waals surface area contributed by atoms with Crippen LogP contribution >= 0.6 is 0 Å². The van der Waals surface area contributed by atoms with E-state index in [-0.39, 0.29) is 24.5 Å². The first-order valence-corrected chi connectivity index (χ1v) is 8.22. The number of hydrogen-bond donors (Lipinski definition) is 1. The van der Waals surface area contributed by atoms with Crippen LogP contribution in [0, 0.1) is 5.92 Å². The third kappa shape index (κ3) is 3.31. The van der Waals surface area contributed by atoms with Crippen molar-refractivity contribution in [1.82, 2.24) is 15.1 Å². The van der Waals surface area contributed by atoms with E-state index in [1.807, 2.05) is 18.9 Å². The lowest BCUT2D eigenvalue weighted by Gasteiger charge is -2.36. The second-order valence-corrected chi connectivity index (χ2v) is 6.14. The van der Waals surface area contributed by atoms with Crippen molar-refractivity contribution >= 4 is 11.8 Å². The normalized spacial score (nSPS) is 17.8. The van der Waals surface area contributed by atoms with Crippen molar-refractivity contribution < 1.29 is 19.1 Å². The minimum absolute atomic E-state index is 0.0383. The monoisotopic (exact) mass is 333 g/mol. The second-order valence-electron chi connectivity index (χ2n) is 6.14. The van der Waals surface area contributed by atoms with E-state index in [0.29, 0.717) is 49.8 Å². The molecule has 3 rings (SSSR count). The fraction of sp³-hybridized carbons (Fsp3) is 0.529. The SMILES string of the molecule is CNCC(C)C(=O)N1CCN(C(=O)c2ccc3c(c2)OCO3)CC1. The van der Waals surface area contributed by atoms with Gasteiger partial charge in [0.15, 0.2) is 11.5 Å². The highest BCUT2D eigenvalue weighted by atomic mass is 16.7. The minimum atomic E-state index is -0.0499. The Labute approximate surface area is 141 Å². The molecule has 2 aliphatic rings. The Morgan fingerprint density at radius 3 is 2.50 bits per heavy atom. The Morgan fingerprint density at radius 1 is 1.12 bits per heavy atom. The van der Waals surface area contributed by atoms with Crippen LogP contribution in [0.4, 0.5) is 0 Å². The smallest absolute Gasteiger partial charge is 0.254 e.